The van der Waals surface area contributed by atoms with Crippen molar-refractivity contribution in [1.82, 2.24) is 14.6 Å². The lowest BCUT2D eigenvalue weighted by Crippen LogP contribution is -2.35. The first-order valence-electron chi connectivity index (χ1n) is 7.97. The van der Waals surface area contributed by atoms with Gasteiger partial charge in [-0.3, -0.25) is 0 Å². The quantitative estimate of drug-likeness (QED) is 0.743. The minimum absolute atomic E-state index is 0.781. The van der Waals surface area contributed by atoms with Crippen LogP contribution in [0.25, 0.3) is 5.52 Å². The normalized spacial score (nSPS) is 16.3. The van der Waals surface area contributed by atoms with Gasteiger partial charge in [0.15, 0.2) is 5.82 Å². The molecular weight excluding hydrogens is 272 g/mol. The lowest BCUT2D eigenvalue weighted by Gasteiger charge is -2.33. The molecule has 0 radical (unpaired) electrons. The van der Waals surface area contributed by atoms with Crippen LogP contribution in [-0.2, 0) is 6.42 Å². The van der Waals surface area contributed by atoms with Gasteiger partial charge in [-0.15, -0.1) is 0 Å². The summed E-state index contributed by atoms with van der Waals surface area (Å²) in [6, 6.07) is 12.9. The zero-order valence-electron chi connectivity index (χ0n) is 12.6. The zero-order chi connectivity index (χ0) is 14.8. The molecule has 1 aromatic carbocycles. The molecule has 0 atom stereocenters. The zero-order valence-corrected chi connectivity index (χ0v) is 12.6. The van der Waals surface area contributed by atoms with Gasteiger partial charge in [-0.05, 0) is 36.8 Å². The average molecular weight is 292 g/mol. The largest absolute Gasteiger partial charge is 0.355 e. The number of hydrogen-bond donors (Lipinski definition) is 0. The van der Waals surface area contributed by atoms with E-state index in [1.54, 1.807) is 0 Å². The van der Waals surface area contributed by atoms with Gasteiger partial charge in [0.25, 0.3) is 0 Å². The van der Waals surface area contributed by atoms with E-state index in [0.29, 0.717) is 0 Å². The summed E-state index contributed by atoms with van der Waals surface area (Å²) in [7, 11) is 0. The molecule has 4 rings (SSSR count). The molecule has 3 aromatic rings. The number of nitrogens with zero attached hydrogens (tertiary/aromatic N) is 4. The van der Waals surface area contributed by atoms with Gasteiger partial charge in [0.2, 0.25) is 0 Å². The molecule has 0 bridgehead atoms. The summed E-state index contributed by atoms with van der Waals surface area (Å²) in [5.41, 5.74) is 2.56. The van der Waals surface area contributed by atoms with Crippen molar-refractivity contribution in [3.63, 3.8) is 0 Å². The molecule has 1 aliphatic rings. The van der Waals surface area contributed by atoms with Crippen LogP contribution in [0.15, 0.2) is 55.0 Å². The Morgan fingerprint density at radius 1 is 1.00 bits per heavy atom. The Kier molecular flexibility index (Phi) is 3.51. The Labute approximate surface area is 130 Å². The molecule has 1 aliphatic heterocycles. The van der Waals surface area contributed by atoms with Gasteiger partial charge in [-0.2, -0.15) is 5.10 Å². The van der Waals surface area contributed by atoms with E-state index in [1.807, 2.05) is 29.2 Å². The maximum Gasteiger partial charge on any atom is 0.154 e. The van der Waals surface area contributed by atoms with Gasteiger partial charge in [0.05, 0.1) is 6.20 Å². The summed E-state index contributed by atoms with van der Waals surface area (Å²) in [4.78, 5) is 6.98. The standard InChI is InChI=1S/C18H20N4/c1-2-4-15(5-3-1)14-16-7-11-21(12-8-16)18-17-6-9-20-22(17)13-10-19-18/h1-6,9-10,13,16H,7-8,11-12,14H2. The van der Waals surface area contributed by atoms with Gasteiger partial charge in [-0.1, -0.05) is 30.3 Å². The highest BCUT2D eigenvalue weighted by Crippen LogP contribution is 2.26. The van der Waals surface area contributed by atoms with Gasteiger partial charge < -0.3 is 4.90 Å². The molecule has 112 valence electrons. The average Bonchev–Trinajstić information content (AvgIpc) is 3.05. The molecule has 0 saturated carbocycles. The first-order valence-corrected chi connectivity index (χ1v) is 7.97. The van der Waals surface area contributed by atoms with Crippen LogP contribution in [0.4, 0.5) is 5.82 Å². The van der Waals surface area contributed by atoms with Crippen LogP contribution in [0.5, 0.6) is 0 Å². The molecule has 1 saturated heterocycles. The van der Waals surface area contributed by atoms with E-state index < -0.39 is 0 Å². The molecule has 4 heteroatoms. The molecule has 0 N–H and O–H groups in total. The highest BCUT2D eigenvalue weighted by Gasteiger charge is 2.21. The molecule has 0 aliphatic carbocycles. The van der Waals surface area contributed by atoms with Crippen LogP contribution in [0.2, 0.25) is 0 Å². The lowest BCUT2D eigenvalue weighted by molar-refractivity contribution is 0.402. The van der Waals surface area contributed by atoms with E-state index >= 15 is 0 Å². The smallest absolute Gasteiger partial charge is 0.154 e. The third-order valence-electron chi connectivity index (χ3n) is 4.59. The highest BCUT2D eigenvalue weighted by molar-refractivity contribution is 5.68. The molecule has 0 spiro atoms. The number of benzene rings is 1. The van der Waals surface area contributed by atoms with E-state index in [9.17, 15) is 0 Å². The van der Waals surface area contributed by atoms with Crippen LogP contribution in [0, 0.1) is 5.92 Å². The fourth-order valence-electron chi connectivity index (χ4n) is 3.38. The maximum absolute atomic E-state index is 4.58. The first kappa shape index (κ1) is 13.3. The fraction of sp³-hybridized carbons (Fsp3) is 0.333. The van der Waals surface area contributed by atoms with E-state index in [4.69, 9.17) is 0 Å². The molecular formula is C18H20N4. The van der Waals surface area contributed by atoms with E-state index in [0.717, 1.165) is 30.3 Å². The van der Waals surface area contributed by atoms with E-state index in [1.165, 1.54) is 24.8 Å². The van der Waals surface area contributed by atoms with Crippen molar-refractivity contribution >= 4 is 11.3 Å². The van der Waals surface area contributed by atoms with Crippen LogP contribution in [-0.4, -0.2) is 27.7 Å². The van der Waals surface area contributed by atoms with Crippen molar-refractivity contribution in [2.24, 2.45) is 5.92 Å². The Morgan fingerprint density at radius 2 is 1.82 bits per heavy atom. The monoisotopic (exact) mass is 292 g/mol. The van der Waals surface area contributed by atoms with Crippen LogP contribution in [0.1, 0.15) is 18.4 Å². The number of piperidine rings is 1. The predicted octanol–water partition coefficient (Wildman–Crippen LogP) is 3.19. The molecule has 4 nitrogen and oxygen atoms in total. The molecule has 22 heavy (non-hydrogen) atoms. The second-order valence-electron chi connectivity index (χ2n) is 6.03. The minimum atomic E-state index is 0.781. The topological polar surface area (TPSA) is 33.4 Å². The second kappa shape index (κ2) is 5.79. The Balaban J connectivity index is 1.45. The molecule has 1 fully saturated rings. The number of fused-ring (bicyclic) bond motifs is 1. The van der Waals surface area contributed by atoms with Crippen molar-refractivity contribution in [2.75, 3.05) is 18.0 Å². The highest BCUT2D eigenvalue weighted by atomic mass is 15.3. The van der Waals surface area contributed by atoms with Crippen LogP contribution < -0.4 is 4.90 Å². The number of hydrogen-bond acceptors (Lipinski definition) is 3. The molecule has 0 unspecified atom stereocenters. The second-order valence-corrected chi connectivity index (χ2v) is 6.03. The van der Waals surface area contributed by atoms with Crippen molar-refractivity contribution in [3.8, 4) is 0 Å². The Hall–Kier alpha value is -2.36. The summed E-state index contributed by atoms with van der Waals surface area (Å²) in [6.45, 7) is 2.16. The van der Waals surface area contributed by atoms with Crippen molar-refractivity contribution < 1.29 is 0 Å². The Bertz CT molecular complexity index is 742. The fourth-order valence-corrected chi connectivity index (χ4v) is 3.38. The van der Waals surface area contributed by atoms with Crippen LogP contribution >= 0.6 is 0 Å². The number of rotatable bonds is 3. The lowest BCUT2D eigenvalue weighted by atomic mass is 9.90. The van der Waals surface area contributed by atoms with Crippen LogP contribution in [0.3, 0.4) is 0 Å². The van der Waals surface area contributed by atoms with Gasteiger partial charge in [-0.25, -0.2) is 9.50 Å². The van der Waals surface area contributed by atoms with Crippen molar-refractivity contribution in [1.29, 1.82) is 0 Å². The van der Waals surface area contributed by atoms with Crippen molar-refractivity contribution in [3.05, 3.63) is 60.6 Å². The minimum Gasteiger partial charge on any atom is -0.355 e. The summed E-state index contributed by atoms with van der Waals surface area (Å²) in [5, 5.41) is 4.29. The maximum atomic E-state index is 4.58. The molecule has 0 amide bonds. The summed E-state index contributed by atoms with van der Waals surface area (Å²) in [5.74, 6) is 1.85. The molecule has 2 aromatic heterocycles. The van der Waals surface area contributed by atoms with E-state index in [2.05, 4.69) is 45.3 Å². The summed E-state index contributed by atoms with van der Waals surface area (Å²) in [6.07, 6.45) is 9.23. The first-order chi connectivity index (χ1) is 10.9. The third kappa shape index (κ3) is 2.56. The van der Waals surface area contributed by atoms with Gasteiger partial charge >= 0.3 is 0 Å². The summed E-state index contributed by atoms with van der Waals surface area (Å²) < 4.78 is 1.90. The molecule has 3 heterocycles. The summed E-state index contributed by atoms with van der Waals surface area (Å²) >= 11 is 0. The predicted molar refractivity (Wildman–Crippen MR) is 88.1 cm³/mol. The third-order valence-corrected chi connectivity index (χ3v) is 4.59. The van der Waals surface area contributed by atoms with Gasteiger partial charge in [0.1, 0.15) is 5.52 Å². The van der Waals surface area contributed by atoms with Gasteiger partial charge in [0, 0.05) is 25.5 Å². The SMILES string of the molecule is c1ccc(CC2CCN(c3nccn4nccc34)CC2)cc1. The van der Waals surface area contributed by atoms with E-state index in [-0.39, 0.29) is 0 Å². The Morgan fingerprint density at radius 3 is 2.64 bits per heavy atom. The number of anilines is 1. The van der Waals surface area contributed by atoms with Crippen molar-refractivity contribution in [2.45, 2.75) is 19.3 Å². The number of aromatic nitrogens is 3.